The minimum Gasteiger partial charge on any atom is -0.296 e. The molecule has 1 nitrogen and oxygen atoms in total. The summed E-state index contributed by atoms with van der Waals surface area (Å²) in [5, 5.41) is 0.673. The van der Waals surface area contributed by atoms with Crippen LogP contribution in [0.2, 0.25) is 5.02 Å². The lowest BCUT2D eigenvalue weighted by Gasteiger charge is -2.41. The van der Waals surface area contributed by atoms with E-state index in [9.17, 15) is 0 Å². The van der Waals surface area contributed by atoms with E-state index in [4.69, 9.17) is 18.5 Å². The van der Waals surface area contributed by atoms with Gasteiger partial charge in [0.25, 0.3) is 0 Å². The second-order valence-corrected chi connectivity index (χ2v) is 8.29. The Balaban J connectivity index is 1.82. The van der Waals surface area contributed by atoms with Gasteiger partial charge in [-0.15, -0.1) is 0 Å². The van der Waals surface area contributed by atoms with E-state index >= 15 is 0 Å². The maximum Gasteiger partial charge on any atom is 0.0626 e. The van der Waals surface area contributed by atoms with Gasteiger partial charge in [0, 0.05) is 23.5 Å². The Labute approximate surface area is 157 Å². The first-order chi connectivity index (χ1) is 13.6. The third-order valence-electron chi connectivity index (χ3n) is 5.48. The topological polar surface area (TPSA) is 3.24 Å². The van der Waals surface area contributed by atoms with Crippen LogP contribution >= 0.6 is 11.6 Å². The molecule has 0 radical (unpaired) electrons. The molecule has 1 aliphatic carbocycles. The van der Waals surface area contributed by atoms with E-state index in [1.165, 1.54) is 6.42 Å². The second kappa shape index (κ2) is 6.20. The molecule has 24 heavy (non-hydrogen) atoms. The van der Waals surface area contributed by atoms with Crippen molar-refractivity contribution in [1.29, 1.82) is 0 Å². The zero-order chi connectivity index (χ0) is 21.1. The first-order valence-electron chi connectivity index (χ1n) is 11.2. The number of nitrogens with zero attached hydrogens (tertiary/aromatic N) is 1. The van der Waals surface area contributed by atoms with Gasteiger partial charge in [-0.1, -0.05) is 61.7 Å². The van der Waals surface area contributed by atoms with Gasteiger partial charge in [-0.3, -0.25) is 4.90 Å². The highest BCUT2D eigenvalue weighted by Crippen LogP contribution is 2.49. The number of hydrogen-bond donors (Lipinski definition) is 0. The highest BCUT2D eigenvalue weighted by Gasteiger charge is 2.38. The Morgan fingerprint density at radius 2 is 1.96 bits per heavy atom. The van der Waals surface area contributed by atoms with Crippen molar-refractivity contribution in [2.24, 2.45) is 5.41 Å². The fraction of sp³-hybridized carbons (Fsp3) is 0.455. The highest BCUT2D eigenvalue weighted by atomic mass is 35.5. The number of fused-ring (bicyclic) bond motifs is 1. The van der Waals surface area contributed by atoms with E-state index in [1.54, 1.807) is 0 Å². The molecule has 0 amide bonds. The van der Waals surface area contributed by atoms with Gasteiger partial charge in [0.15, 0.2) is 0 Å². The van der Waals surface area contributed by atoms with Gasteiger partial charge in [-0.2, -0.15) is 0 Å². The van der Waals surface area contributed by atoms with E-state index in [0.717, 1.165) is 30.6 Å². The lowest BCUT2D eigenvalue weighted by atomic mass is 9.83. The van der Waals surface area contributed by atoms with Crippen LogP contribution in [0.3, 0.4) is 0 Å². The molecule has 2 aromatic carbocycles. The molecule has 1 saturated heterocycles. The van der Waals surface area contributed by atoms with Crippen LogP contribution in [0.1, 0.15) is 68.6 Å². The van der Waals surface area contributed by atoms with Crippen LogP contribution in [0.4, 0.5) is 0 Å². The monoisotopic (exact) mass is 344 g/mol. The summed E-state index contributed by atoms with van der Waals surface area (Å²) in [5.74, 6) is -0.230. The third-order valence-corrected chi connectivity index (χ3v) is 5.72. The molecule has 0 unspecified atom stereocenters. The molecular formula is C22H26ClN. The molecule has 126 valence electrons. The van der Waals surface area contributed by atoms with Crippen molar-refractivity contribution in [2.75, 3.05) is 13.1 Å². The molecular weight excluding hydrogens is 314 g/mol. The van der Waals surface area contributed by atoms with Gasteiger partial charge >= 0.3 is 0 Å². The molecule has 2 atom stereocenters. The van der Waals surface area contributed by atoms with Crippen molar-refractivity contribution in [3.8, 4) is 0 Å². The Bertz CT molecular complexity index is 945. The second-order valence-electron chi connectivity index (χ2n) is 7.85. The van der Waals surface area contributed by atoms with Crippen LogP contribution in [0.25, 0.3) is 0 Å². The lowest BCUT2D eigenvalue weighted by molar-refractivity contribution is 0.0769. The minimum absolute atomic E-state index is 0.0958. The van der Waals surface area contributed by atoms with Crippen molar-refractivity contribution >= 4 is 11.6 Å². The Kier molecular flexibility index (Phi) is 2.93. The summed E-state index contributed by atoms with van der Waals surface area (Å²) >= 11 is 6.33. The third kappa shape index (κ3) is 3.00. The standard InChI is InChI=1S/C22H26ClN/c1-22(2)11-6-12-24(15-22)21-14-19(16-7-4-3-5-8-16)18-10-9-17(23)13-20(18)21/h3-5,7-10,13,19,21H,6,11-12,14-15H2,1-2H3/t19-,21+/m1/s1/i3D,4D,5D,7D,8D. The molecule has 2 aromatic rings. The van der Waals surface area contributed by atoms with Gasteiger partial charge in [0.2, 0.25) is 0 Å². The van der Waals surface area contributed by atoms with Gasteiger partial charge < -0.3 is 0 Å². The van der Waals surface area contributed by atoms with Crippen LogP contribution in [-0.4, -0.2) is 18.0 Å². The molecule has 0 aromatic heterocycles. The Morgan fingerprint density at radius 1 is 1.17 bits per heavy atom. The maximum atomic E-state index is 8.44. The maximum absolute atomic E-state index is 8.44. The Hall–Kier alpha value is -1.31. The van der Waals surface area contributed by atoms with Crippen molar-refractivity contribution in [3.63, 3.8) is 0 Å². The molecule has 0 saturated carbocycles. The number of benzene rings is 2. The predicted molar refractivity (Wildman–Crippen MR) is 102 cm³/mol. The van der Waals surface area contributed by atoms with Crippen molar-refractivity contribution in [1.82, 2.24) is 4.90 Å². The SMILES string of the molecule is [2H]c1c([2H])c([2H])c([C@H]2C[C@H](N3CCCC(C)(C)C3)c3cc(Cl)ccc32)c([2H])c1[2H]. The van der Waals surface area contributed by atoms with Gasteiger partial charge in [0.1, 0.15) is 0 Å². The van der Waals surface area contributed by atoms with Gasteiger partial charge in [0.05, 0.1) is 6.85 Å². The fourth-order valence-electron chi connectivity index (χ4n) is 4.42. The molecule has 4 rings (SSSR count). The summed E-state index contributed by atoms with van der Waals surface area (Å²) in [7, 11) is 0. The first-order valence-corrected chi connectivity index (χ1v) is 9.09. The first kappa shape index (κ1) is 11.3. The number of halogens is 1. The molecule has 1 fully saturated rings. The largest absolute Gasteiger partial charge is 0.296 e. The van der Waals surface area contributed by atoms with Crippen LogP contribution in [0.15, 0.2) is 48.4 Å². The smallest absolute Gasteiger partial charge is 0.0626 e. The van der Waals surface area contributed by atoms with Crippen LogP contribution in [-0.2, 0) is 0 Å². The Morgan fingerprint density at radius 3 is 2.71 bits per heavy atom. The van der Waals surface area contributed by atoms with E-state index < -0.39 is 0 Å². The summed E-state index contributed by atoms with van der Waals surface area (Å²) in [6, 6.07) is 4.89. The fourth-order valence-corrected chi connectivity index (χ4v) is 4.60. The van der Waals surface area contributed by atoms with Crippen LogP contribution < -0.4 is 0 Å². The normalized spacial score (nSPS) is 29.2. The summed E-state index contributed by atoms with van der Waals surface area (Å²) in [6.45, 7) is 6.57. The van der Waals surface area contributed by atoms with Gasteiger partial charge in [-0.05, 0) is 60.0 Å². The highest BCUT2D eigenvalue weighted by molar-refractivity contribution is 6.30. The van der Waals surface area contributed by atoms with E-state index in [-0.39, 0.29) is 47.6 Å². The zero-order valence-corrected chi connectivity index (χ0v) is 15.0. The molecule has 2 aliphatic rings. The average Bonchev–Trinajstić information content (AvgIpc) is 3.02. The van der Waals surface area contributed by atoms with Crippen molar-refractivity contribution in [3.05, 3.63) is 70.1 Å². The average molecular weight is 345 g/mol. The molecule has 1 heterocycles. The minimum atomic E-state index is -0.340. The van der Waals surface area contributed by atoms with E-state index in [0.29, 0.717) is 17.0 Å². The number of likely N-dealkylation sites (tertiary alicyclic amines) is 1. The summed E-state index contributed by atoms with van der Waals surface area (Å²) in [4.78, 5) is 2.49. The molecule has 0 N–H and O–H groups in total. The van der Waals surface area contributed by atoms with Gasteiger partial charge in [-0.25, -0.2) is 0 Å². The van der Waals surface area contributed by atoms with Crippen LogP contribution in [0, 0.1) is 5.41 Å². The van der Waals surface area contributed by atoms with E-state index in [2.05, 4.69) is 18.7 Å². The van der Waals surface area contributed by atoms with E-state index in [1.807, 2.05) is 18.2 Å². The van der Waals surface area contributed by atoms with Crippen molar-refractivity contribution in [2.45, 2.75) is 45.1 Å². The number of piperidine rings is 1. The molecule has 2 heteroatoms. The molecule has 1 aliphatic heterocycles. The number of hydrogen-bond acceptors (Lipinski definition) is 1. The molecule has 0 bridgehead atoms. The summed E-state index contributed by atoms with van der Waals surface area (Å²) in [5.41, 5.74) is 2.80. The summed E-state index contributed by atoms with van der Waals surface area (Å²) in [6.07, 6.45) is 3.05. The lowest BCUT2D eigenvalue weighted by Crippen LogP contribution is -2.41. The number of rotatable bonds is 2. The zero-order valence-electron chi connectivity index (χ0n) is 19.2. The quantitative estimate of drug-likeness (QED) is 0.642. The predicted octanol–water partition coefficient (Wildman–Crippen LogP) is 6.04. The molecule has 0 spiro atoms. The van der Waals surface area contributed by atoms with Crippen molar-refractivity contribution < 1.29 is 6.85 Å². The van der Waals surface area contributed by atoms with Crippen LogP contribution in [0.5, 0.6) is 0 Å². The summed E-state index contributed by atoms with van der Waals surface area (Å²) < 4.78 is 40.9.